The van der Waals surface area contributed by atoms with Crippen LogP contribution in [0.15, 0.2) is 73.2 Å². The number of fused-ring (bicyclic) bond motifs is 1. The van der Waals surface area contributed by atoms with E-state index in [2.05, 4.69) is 41.4 Å². The number of carbonyl (C=O) groups excluding carboxylic acids is 1. The molecule has 0 saturated carbocycles. The van der Waals surface area contributed by atoms with E-state index in [0.717, 1.165) is 42.2 Å². The van der Waals surface area contributed by atoms with Crippen molar-refractivity contribution >= 4 is 22.4 Å². The predicted octanol–water partition coefficient (Wildman–Crippen LogP) is 4.94. The lowest BCUT2D eigenvalue weighted by Crippen LogP contribution is -2.27. The normalized spacial score (nSPS) is 16.3. The van der Waals surface area contributed by atoms with Gasteiger partial charge in [-0.05, 0) is 48.2 Å². The van der Waals surface area contributed by atoms with Gasteiger partial charge in [-0.25, -0.2) is 4.98 Å². The lowest BCUT2D eigenvalue weighted by atomic mass is 9.96. The van der Waals surface area contributed by atoms with Crippen molar-refractivity contribution in [3.8, 4) is 11.4 Å². The molecule has 156 valence electrons. The van der Waals surface area contributed by atoms with Crippen LogP contribution in [0.1, 0.15) is 17.7 Å². The molecule has 1 saturated heterocycles. The van der Waals surface area contributed by atoms with Gasteiger partial charge >= 0.3 is 0 Å². The standard InChI is InChI=1S/C26H25N3O2/c1-18-16-28(17-27-18)24-10-9-23(15-25(24)31-2)29-12-11-22(26(29)30)14-19-7-8-20-5-3-4-6-21(20)13-19/h3-10,13,15-17,22H,11-12,14H2,1-2H3. The molecule has 0 spiro atoms. The largest absolute Gasteiger partial charge is 0.494 e. The molecule has 5 rings (SSSR count). The Morgan fingerprint density at radius 3 is 2.68 bits per heavy atom. The van der Waals surface area contributed by atoms with Crippen LogP contribution in [0.25, 0.3) is 16.5 Å². The molecule has 1 atom stereocenters. The van der Waals surface area contributed by atoms with E-state index in [1.165, 1.54) is 16.3 Å². The third-order valence-corrected chi connectivity index (χ3v) is 6.08. The lowest BCUT2D eigenvalue weighted by molar-refractivity contribution is -0.120. The molecule has 0 bridgehead atoms. The fraction of sp³-hybridized carbons (Fsp3) is 0.231. The van der Waals surface area contributed by atoms with E-state index in [9.17, 15) is 4.79 Å². The minimum atomic E-state index is 0.00290. The van der Waals surface area contributed by atoms with Gasteiger partial charge in [0.1, 0.15) is 5.75 Å². The Balaban J connectivity index is 1.36. The summed E-state index contributed by atoms with van der Waals surface area (Å²) in [5.74, 6) is 0.908. The zero-order valence-electron chi connectivity index (χ0n) is 17.8. The number of methoxy groups -OCH3 is 1. The molecule has 0 radical (unpaired) electrons. The predicted molar refractivity (Wildman–Crippen MR) is 123 cm³/mol. The Kier molecular flexibility index (Phi) is 4.94. The number of ether oxygens (including phenoxy) is 1. The minimum Gasteiger partial charge on any atom is -0.494 e. The van der Waals surface area contributed by atoms with E-state index < -0.39 is 0 Å². The Hall–Kier alpha value is -3.60. The zero-order valence-corrected chi connectivity index (χ0v) is 17.8. The maximum Gasteiger partial charge on any atom is 0.230 e. The van der Waals surface area contributed by atoms with E-state index in [1.54, 1.807) is 13.4 Å². The summed E-state index contributed by atoms with van der Waals surface area (Å²) in [7, 11) is 1.65. The first kappa shape index (κ1) is 19.4. The first-order valence-corrected chi connectivity index (χ1v) is 10.6. The number of nitrogens with zero attached hydrogens (tertiary/aromatic N) is 3. The molecule has 1 aliphatic heterocycles. The topological polar surface area (TPSA) is 47.4 Å². The number of imidazole rings is 1. The zero-order chi connectivity index (χ0) is 21.4. The Labute approximate surface area is 181 Å². The molecular weight excluding hydrogens is 386 g/mol. The van der Waals surface area contributed by atoms with Gasteiger partial charge in [0.05, 0.1) is 24.8 Å². The minimum absolute atomic E-state index is 0.00290. The highest BCUT2D eigenvalue weighted by molar-refractivity contribution is 5.97. The molecule has 0 aliphatic carbocycles. The van der Waals surface area contributed by atoms with Gasteiger partial charge in [-0.15, -0.1) is 0 Å². The molecule has 3 aromatic carbocycles. The second-order valence-corrected chi connectivity index (χ2v) is 8.14. The average Bonchev–Trinajstić information content (AvgIpc) is 3.39. The molecule has 31 heavy (non-hydrogen) atoms. The fourth-order valence-electron chi connectivity index (χ4n) is 4.44. The summed E-state index contributed by atoms with van der Waals surface area (Å²) in [5, 5.41) is 2.45. The van der Waals surface area contributed by atoms with Crippen LogP contribution in [-0.2, 0) is 11.2 Å². The van der Waals surface area contributed by atoms with Crippen molar-refractivity contribution < 1.29 is 9.53 Å². The van der Waals surface area contributed by atoms with E-state index in [-0.39, 0.29) is 11.8 Å². The third kappa shape index (κ3) is 3.67. The monoisotopic (exact) mass is 411 g/mol. The first-order valence-electron chi connectivity index (χ1n) is 10.6. The van der Waals surface area contributed by atoms with Crippen LogP contribution >= 0.6 is 0 Å². The summed E-state index contributed by atoms with van der Waals surface area (Å²) in [5.41, 5.74) is 3.94. The second kappa shape index (κ2) is 7.91. The highest BCUT2D eigenvalue weighted by Gasteiger charge is 2.33. The summed E-state index contributed by atoms with van der Waals surface area (Å²) >= 11 is 0. The number of hydrogen-bond donors (Lipinski definition) is 0. The van der Waals surface area contributed by atoms with Gasteiger partial charge in [0.25, 0.3) is 0 Å². The van der Waals surface area contributed by atoms with Crippen LogP contribution in [0.3, 0.4) is 0 Å². The molecule has 1 aromatic heterocycles. The summed E-state index contributed by atoms with van der Waals surface area (Å²) < 4.78 is 7.56. The van der Waals surface area contributed by atoms with E-state index >= 15 is 0 Å². The van der Waals surface area contributed by atoms with Crippen LogP contribution in [0.2, 0.25) is 0 Å². The van der Waals surface area contributed by atoms with Gasteiger partial charge in [0.15, 0.2) is 0 Å². The van der Waals surface area contributed by atoms with Crippen LogP contribution in [0, 0.1) is 12.8 Å². The molecule has 0 N–H and O–H groups in total. The number of aromatic nitrogens is 2. The molecular formula is C26H25N3O2. The van der Waals surface area contributed by atoms with Gasteiger partial charge in [-0.3, -0.25) is 4.79 Å². The number of carbonyl (C=O) groups is 1. The van der Waals surface area contributed by atoms with Crippen molar-refractivity contribution in [1.29, 1.82) is 0 Å². The summed E-state index contributed by atoms with van der Waals surface area (Å²) in [6.45, 7) is 2.68. The number of amides is 1. The number of aryl methyl sites for hydroxylation is 1. The first-order chi connectivity index (χ1) is 15.1. The second-order valence-electron chi connectivity index (χ2n) is 8.14. The number of hydrogen-bond acceptors (Lipinski definition) is 3. The van der Waals surface area contributed by atoms with Crippen molar-refractivity contribution in [3.05, 3.63) is 84.4 Å². The quantitative estimate of drug-likeness (QED) is 0.467. The van der Waals surface area contributed by atoms with Crippen molar-refractivity contribution in [3.63, 3.8) is 0 Å². The summed E-state index contributed by atoms with van der Waals surface area (Å²) in [6, 6.07) is 20.7. The average molecular weight is 412 g/mol. The van der Waals surface area contributed by atoms with E-state index in [4.69, 9.17) is 4.74 Å². The van der Waals surface area contributed by atoms with Gasteiger partial charge < -0.3 is 14.2 Å². The molecule has 1 unspecified atom stereocenters. The van der Waals surface area contributed by atoms with Crippen LogP contribution in [0.4, 0.5) is 5.69 Å². The third-order valence-electron chi connectivity index (χ3n) is 6.08. The summed E-state index contributed by atoms with van der Waals surface area (Å²) in [4.78, 5) is 19.4. The molecule has 1 amide bonds. The van der Waals surface area contributed by atoms with Gasteiger partial charge in [-0.1, -0.05) is 42.5 Å². The van der Waals surface area contributed by atoms with Crippen molar-refractivity contribution in [1.82, 2.24) is 9.55 Å². The van der Waals surface area contributed by atoms with Crippen LogP contribution < -0.4 is 9.64 Å². The Morgan fingerprint density at radius 2 is 1.90 bits per heavy atom. The highest BCUT2D eigenvalue weighted by atomic mass is 16.5. The highest BCUT2D eigenvalue weighted by Crippen LogP contribution is 2.33. The van der Waals surface area contributed by atoms with Crippen molar-refractivity contribution in [2.24, 2.45) is 5.92 Å². The Bertz CT molecular complexity index is 1260. The molecule has 5 heteroatoms. The molecule has 2 heterocycles. The summed E-state index contributed by atoms with van der Waals surface area (Å²) in [6.07, 6.45) is 5.35. The van der Waals surface area contributed by atoms with Crippen molar-refractivity contribution in [2.75, 3.05) is 18.6 Å². The maximum atomic E-state index is 13.2. The fourth-order valence-corrected chi connectivity index (χ4v) is 4.44. The van der Waals surface area contributed by atoms with Crippen LogP contribution in [0.5, 0.6) is 5.75 Å². The molecule has 1 aliphatic rings. The van der Waals surface area contributed by atoms with E-state index in [1.807, 2.05) is 46.9 Å². The number of anilines is 1. The molecule has 5 nitrogen and oxygen atoms in total. The number of rotatable bonds is 5. The Morgan fingerprint density at radius 1 is 1.06 bits per heavy atom. The SMILES string of the molecule is COc1cc(N2CCC(Cc3ccc4ccccc4c3)C2=O)ccc1-n1cnc(C)c1. The number of benzene rings is 3. The molecule has 1 fully saturated rings. The smallest absolute Gasteiger partial charge is 0.230 e. The van der Waals surface area contributed by atoms with Gasteiger partial charge in [0, 0.05) is 30.4 Å². The molecule has 4 aromatic rings. The van der Waals surface area contributed by atoms with Crippen LogP contribution in [-0.4, -0.2) is 29.1 Å². The lowest BCUT2D eigenvalue weighted by Gasteiger charge is -2.19. The van der Waals surface area contributed by atoms with Gasteiger partial charge in [-0.2, -0.15) is 0 Å². The van der Waals surface area contributed by atoms with Crippen molar-refractivity contribution in [2.45, 2.75) is 19.8 Å². The maximum absolute atomic E-state index is 13.2. The van der Waals surface area contributed by atoms with E-state index in [0.29, 0.717) is 0 Å². The van der Waals surface area contributed by atoms with Gasteiger partial charge in [0.2, 0.25) is 5.91 Å².